The van der Waals surface area contributed by atoms with Crippen molar-refractivity contribution in [3.05, 3.63) is 35.4 Å². The van der Waals surface area contributed by atoms with E-state index in [2.05, 4.69) is 31.2 Å². The van der Waals surface area contributed by atoms with Gasteiger partial charge in [-0.2, -0.15) is 0 Å². The molecule has 0 aliphatic carbocycles. The Hall–Kier alpha value is -1.11. The van der Waals surface area contributed by atoms with Gasteiger partial charge in [0.25, 0.3) is 0 Å². The van der Waals surface area contributed by atoms with Gasteiger partial charge in [-0.1, -0.05) is 44.0 Å². The van der Waals surface area contributed by atoms with Gasteiger partial charge >= 0.3 is 0 Å². The first kappa shape index (κ1) is 14.9. The summed E-state index contributed by atoms with van der Waals surface area (Å²) >= 11 is 0. The first-order valence-corrected chi connectivity index (χ1v) is 7.29. The van der Waals surface area contributed by atoms with Crippen LogP contribution in [0.5, 0.6) is 0 Å². The molecular formula is C17H26O. The summed E-state index contributed by atoms with van der Waals surface area (Å²) in [6.45, 7) is 3.91. The molecule has 0 aliphatic rings. The van der Waals surface area contributed by atoms with Crippen LogP contribution in [-0.4, -0.2) is 5.78 Å². The van der Waals surface area contributed by atoms with E-state index >= 15 is 0 Å². The van der Waals surface area contributed by atoms with E-state index in [1.807, 2.05) is 0 Å². The minimum Gasteiger partial charge on any atom is -0.300 e. The van der Waals surface area contributed by atoms with E-state index in [0.29, 0.717) is 5.78 Å². The van der Waals surface area contributed by atoms with Crippen molar-refractivity contribution in [2.75, 3.05) is 0 Å². The lowest BCUT2D eigenvalue weighted by Gasteiger charge is -2.04. The molecule has 0 saturated carbocycles. The van der Waals surface area contributed by atoms with Crippen LogP contribution < -0.4 is 0 Å². The van der Waals surface area contributed by atoms with Gasteiger partial charge in [-0.05, 0) is 50.2 Å². The first-order chi connectivity index (χ1) is 8.72. The molecule has 0 fully saturated rings. The average molecular weight is 246 g/mol. The maximum Gasteiger partial charge on any atom is 0.129 e. The van der Waals surface area contributed by atoms with Crippen LogP contribution in [0.1, 0.15) is 63.5 Å². The summed E-state index contributed by atoms with van der Waals surface area (Å²) in [5.74, 6) is 0.307. The molecule has 0 saturated heterocycles. The molecule has 0 unspecified atom stereocenters. The van der Waals surface area contributed by atoms with Gasteiger partial charge in [0.2, 0.25) is 0 Å². The number of unbranched alkanes of at least 4 members (excludes halogenated alkanes) is 3. The van der Waals surface area contributed by atoms with Gasteiger partial charge in [-0.15, -0.1) is 0 Å². The van der Waals surface area contributed by atoms with E-state index in [0.717, 1.165) is 25.7 Å². The predicted molar refractivity (Wildman–Crippen MR) is 77.9 cm³/mol. The fourth-order valence-corrected chi connectivity index (χ4v) is 2.15. The largest absolute Gasteiger partial charge is 0.300 e. The van der Waals surface area contributed by atoms with E-state index in [1.54, 1.807) is 6.92 Å². The van der Waals surface area contributed by atoms with Crippen LogP contribution in [0.25, 0.3) is 0 Å². The van der Waals surface area contributed by atoms with E-state index in [4.69, 9.17) is 0 Å². The number of Topliss-reactive ketones (excluding diaryl/α,β-unsaturated/α-hetero) is 1. The van der Waals surface area contributed by atoms with Crippen LogP contribution in [0.4, 0.5) is 0 Å². The van der Waals surface area contributed by atoms with Crippen molar-refractivity contribution in [2.24, 2.45) is 0 Å². The predicted octanol–water partition coefficient (Wildman–Crippen LogP) is 4.72. The minimum absolute atomic E-state index is 0.307. The molecule has 0 aliphatic heterocycles. The number of ketones is 1. The zero-order valence-corrected chi connectivity index (χ0v) is 11.9. The number of hydrogen-bond acceptors (Lipinski definition) is 1. The number of rotatable bonds is 9. The Balaban J connectivity index is 2.25. The van der Waals surface area contributed by atoms with Crippen LogP contribution in [0.3, 0.4) is 0 Å². The topological polar surface area (TPSA) is 17.1 Å². The van der Waals surface area contributed by atoms with Gasteiger partial charge in [0.05, 0.1) is 0 Å². The highest BCUT2D eigenvalue weighted by molar-refractivity contribution is 5.75. The van der Waals surface area contributed by atoms with E-state index < -0.39 is 0 Å². The zero-order chi connectivity index (χ0) is 13.2. The molecular weight excluding hydrogens is 220 g/mol. The molecule has 100 valence electrons. The van der Waals surface area contributed by atoms with E-state index in [-0.39, 0.29) is 0 Å². The van der Waals surface area contributed by atoms with Crippen LogP contribution >= 0.6 is 0 Å². The lowest BCUT2D eigenvalue weighted by atomic mass is 10.0. The minimum atomic E-state index is 0.307. The Morgan fingerprint density at radius 2 is 1.39 bits per heavy atom. The number of carbonyl (C=O) groups excluding carboxylic acids is 1. The van der Waals surface area contributed by atoms with Crippen LogP contribution in [0, 0.1) is 0 Å². The van der Waals surface area contributed by atoms with Gasteiger partial charge in [0.15, 0.2) is 0 Å². The fraction of sp³-hybridized carbons (Fsp3) is 0.588. The summed E-state index contributed by atoms with van der Waals surface area (Å²) in [7, 11) is 0. The van der Waals surface area contributed by atoms with Crippen LogP contribution in [-0.2, 0) is 17.6 Å². The number of aryl methyl sites for hydroxylation is 2. The second kappa shape index (κ2) is 8.91. The third kappa shape index (κ3) is 6.58. The second-order valence-corrected chi connectivity index (χ2v) is 5.18. The van der Waals surface area contributed by atoms with Crippen molar-refractivity contribution in [2.45, 2.75) is 65.2 Å². The van der Waals surface area contributed by atoms with Crippen molar-refractivity contribution in [3.63, 3.8) is 0 Å². The summed E-state index contributed by atoms with van der Waals surface area (Å²) in [5, 5.41) is 0. The van der Waals surface area contributed by atoms with E-state index in [1.165, 1.54) is 36.8 Å². The molecule has 1 aromatic rings. The van der Waals surface area contributed by atoms with Gasteiger partial charge in [-0.3, -0.25) is 0 Å². The summed E-state index contributed by atoms with van der Waals surface area (Å²) in [5.41, 5.74) is 2.86. The summed E-state index contributed by atoms with van der Waals surface area (Å²) in [6.07, 6.45) is 9.09. The molecule has 1 nitrogen and oxygen atoms in total. The van der Waals surface area contributed by atoms with Gasteiger partial charge in [0.1, 0.15) is 5.78 Å². The quantitative estimate of drug-likeness (QED) is 0.576. The van der Waals surface area contributed by atoms with E-state index in [9.17, 15) is 4.79 Å². The summed E-state index contributed by atoms with van der Waals surface area (Å²) in [6, 6.07) is 9.01. The van der Waals surface area contributed by atoms with Gasteiger partial charge < -0.3 is 4.79 Å². The molecule has 0 N–H and O–H groups in total. The monoisotopic (exact) mass is 246 g/mol. The van der Waals surface area contributed by atoms with Crippen molar-refractivity contribution in [1.82, 2.24) is 0 Å². The molecule has 0 atom stereocenters. The molecule has 0 heterocycles. The third-order valence-electron chi connectivity index (χ3n) is 3.34. The maximum absolute atomic E-state index is 10.8. The molecule has 0 bridgehead atoms. The SMILES string of the molecule is CCCCCc1ccc(CCCCC(C)=O)cc1. The molecule has 1 aromatic carbocycles. The second-order valence-electron chi connectivity index (χ2n) is 5.18. The third-order valence-corrected chi connectivity index (χ3v) is 3.34. The lowest BCUT2D eigenvalue weighted by Crippen LogP contribution is -1.92. The fourth-order valence-electron chi connectivity index (χ4n) is 2.15. The average Bonchev–Trinajstić information content (AvgIpc) is 2.36. The zero-order valence-electron chi connectivity index (χ0n) is 11.9. The maximum atomic E-state index is 10.8. The van der Waals surface area contributed by atoms with Crippen molar-refractivity contribution >= 4 is 5.78 Å². The van der Waals surface area contributed by atoms with Crippen LogP contribution in [0.15, 0.2) is 24.3 Å². The normalized spacial score (nSPS) is 10.6. The lowest BCUT2D eigenvalue weighted by molar-refractivity contribution is -0.117. The highest BCUT2D eigenvalue weighted by Gasteiger charge is 1.97. The van der Waals surface area contributed by atoms with Crippen molar-refractivity contribution in [3.8, 4) is 0 Å². The van der Waals surface area contributed by atoms with Gasteiger partial charge in [-0.25, -0.2) is 0 Å². The highest BCUT2D eigenvalue weighted by Crippen LogP contribution is 2.11. The summed E-state index contributed by atoms with van der Waals surface area (Å²) < 4.78 is 0. The van der Waals surface area contributed by atoms with Crippen molar-refractivity contribution < 1.29 is 4.79 Å². The summed E-state index contributed by atoms with van der Waals surface area (Å²) in [4.78, 5) is 10.8. The number of hydrogen-bond donors (Lipinski definition) is 0. The molecule has 0 spiro atoms. The Morgan fingerprint density at radius 3 is 1.83 bits per heavy atom. The Morgan fingerprint density at radius 1 is 0.889 bits per heavy atom. The molecule has 1 rings (SSSR count). The Kier molecular flexibility index (Phi) is 7.40. The Labute approximate surface area is 112 Å². The molecule has 0 radical (unpaired) electrons. The smallest absolute Gasteiger partial charge is 0.129 e. The Bertz CT molecular complexity index is 337. The highest BCUT2D eigenvalue weighted by atomic mass is 16.1. The van der Waals surface area contributed by atoms with Gasteiger partial charge in [0, 0.05) is 6.42 Å². The standard InChI is InChI=1S/C17H26O/c1-3-4-5-9-16-11-13-17(14-12-16)10-7-6-8-15(2)18/h11-14H,3-10H2,1-2H3. The van der Waals surface area contributed by atoms with Crippen LogP contribution in [0.2, 0.25) is 0 Å². The number of benzene rings is 1. The number of carbonyl (C=O) groups is 1. The van der Waals surface area contributed by atoms with Crippen molar-refractivity contribution in [1.29, 1.82) is 0 Å². The molecule has 1 heteroatoms. The molecule has 18 heavy (non-hydrogen) atoms. The molecule has 0 amide bonds. The molecule has 0 aromatic heterocycles. The first-order valence-electron chi connectivity index (χ1n) is 7.29.